The van der Waals surface area contributed by atoms with E-state index in [1.807, 2.05) is 37.7 Å². The highest BCUT2D eigenvalue weighted by atomic mass is 35.5. The van der Waals surface area contributed by atoms with Gasteiger partial charge in [-0.25, -0.2) is 0 Å². The molecule has 0 fully saturated rings. The van der Waals surface area contributed by atoms with Crippen LogP contribution in [0.15, 0.2) is 0 Å². The highest BCUT2D eigenvalue weighted by Crippen LogP contribution is 2.72. The van der Waals surface area contributed by atoms with Crippen molar-refractivity contribution in [2.45, 2.75) is 23.7 Å². The molecule has 0 aromatic heterocycles. The molecule has 0 radical (unpaired) electrons. The van der Waals surface area contributed by atoms with Crippen LogP contribution in [-0.4, -0.2) is 66.6 Å². The summed E-state index contributed by atoms with van der Waals surface area (Å²) in [5.41, 5.74) is -14.4. The first-order chi connectivity index (χ1) is 10.6. The minimum absolute atomic E-state index is 0.741. The third-order valence-electron chi connectivity index (χ3n) is 2.16. The molecule has 0 aromatic rings. The van der Waals surface area contributed by atoms with Crippen molar-refractivity contribution in [1.29, 1.82) is 0 Å². The van der Waals surface area contributed by atoms with Gasteiger partial charge in [-0.1, -0.05) is 0 Å². The molecule has 0 aliphatic heterocycles. The summed E-state index contributed by atoms with van der Waals surface area (Å²) in [6.07, 6.45) is -14.2. The number of halogens is 11. The van der Waals surface area contributed by atoms with E-state index in [1.165, 1.54) is 0 Å². The van der Waals surface area contributed by atoms with E-state index in [9.17, 15) is 53.4 Å². The van der Waals surface area contributed by atoms with Gasteiger partial charge in [-0.3, -0.25) is 9.48 Å². The maximum atomic E-state index is 12.1. The highest BCUT2D eigenvalue weighted by Gasteiger charge is 2.78. The predicted octanol–water partition coefficient (Wildman–Crippen LogP) is 3.35. The monoisotopic (exact) mass is 436 g/mol. The SMILES string of the molecule is CN(C)C(Cl)=[N+](C)C.O=P([O-])(C(F)(F)C(F)(F)F)C(F)(F)C(F)(F)F. The normalized spacial score (nSPS) is 13.8. The van der Waals surface area contributed by atoms with E-state index in [1.54, 1.807) is 0 Å². The van der Waals surface area contributed by atoms with Crippen LogP contribution in [0.3, 0.4) is 0 Å². The fourth-order valence-corrected chi connectivity index (χ4v) is 1.93. The van der Waals surface area contributed by atoms with Crippen molar-refractivity contribution in [2.24, 2.45) is 0 Å². The van der Waals surface area contributed by atoms with Crippen molar-refractivity contribution >= 4 is 24.3 Å². The standard InChI is InChI=1S/C5H12ClN2.C4HF10O2P/c1-7(2)5(6)8(3)4;5-1(6,7)3(11,12)17(15,16)4(13,14)2(8,9)10/h1-4H3;(H,15,16)/q+1;/p-1. The molecule has 25 heavy (non-hydrogen) atoms. The van der Waals surface area contributed by atoms with Crippen LogP contribution in [0.4, 0.5) is 43.9 Å². The second-order valence-corrected chi connectivity index (χ2v) is 7.25. The van der Waals surface area contributed by atoms with E-state index in [0.717, 1.165) is 5.29 Å². The molecule has 0 amide bonds. The van der Waals surface area contributed by atoms with Gasteiger partial charge in [-0.2, -0.15) is 43.9 Å². The van der Waals surface area contributed by atoms with Gasteiger partial charge in [0.15, 0.2) is 7.37 Å². The van der Waals surface area contributed by atoms with E-state index < -0.39 is 31.0 Å². The molecule has 152 valence electrons. The van der Waals surface area contributed by atoms with Crippen molar-refractivity contribution in [2.75, 3.05) is 28.2 Å². The van der Waals surface area contributed by atoms with E-state index >= 15 is 0 Å². The van der Waals surface area contributed by atoms with Gasteiger partial charge < -0.3 is 9.46 Å². The molecule has 0 saturated heterocycles. The minimum atomic E-state index is -8.51. The minimum Gasteiger partial charge on any atom is -0.790 e. The van der Waals surface area contributed by atoms with Crippen molar-refractivity contribution in [1.82, 2.24) is 4.90 Å². The Kier molecular flexibility index (Phi) is 8.33. The zero-order valence-corrected chi connectivity index (χ0v) is 14.5. The molecule has 0 bridgehead atoms. The summed E-state index contributed by atoms with van der Waals surface area (Å²) >= 11 is 5.72. The van der Waals surface area contributed by atoms with Gasteiger partial charge in [0.1, 0.15) is 0 Å². The van der Waals surface area contributed by atoms with Crippen LogP contribution < -0.4 is 4.89 Å². The maximum absolute atomic E-state index is 12.1. The van der Waals surface area contributed by atoms with Crippen molar-refractivity contribution in [3.63, 3.8) is 0 Å². The number of rotatable bonds is 2. The molecule has 0 heterocycles. The molecule has 0 atom stereocenters. The van der Waals surface area contributed by atoms with E-state index in [-0.39, 0.29) is 0 Å². The van der Waals surface area contributed by atoms with Crippen LogP contribution in [0.25, 0.3) is 0 Å². The first kappa shape index (κ1) is 26.5. The van der Waals surface area contributed by atoms with E-state index in [2.05, 4.69) is 0 Å². The zero-order valence-electron chi connectivity index (χ0n) is 12.8. The Labute approximate surface area is 140 Å². The fourth-order valence-electron chi connectivity index (χ4n) is 0.910. The molecule has 0 N–H and O–H groups in total. The third kappa shape index (κ3) is 5.61. The van der Waals surface area contributed by atoms with Gasteiger partial charge in [-0.15, -0.1) is 0 Å². The lowest BCUT2D eigenvalue weighted by Gasteiger charge is -2.38. The molecular weight excluding hydrogens is 425 g/mol. The number of amidine groups is 1. The Bertz CT molecular complexity index is 509. The number of hydrogen-bond acceptors (Lipinski definition) is 2. The fraction of sp³-hybridized carbons (Fsp3) is 0.889. The summed E-state index contributed by atoms with van der Waals surface area (Å²) in [6.45, 7) is 0. The summed E-state index contributed by atoms with van der Waals surface area (Å²) in [5.74, 6) is 0. The summed E-state index contributed by atoms with van der Waals surface area (Å²) in [4.78, 5) is 11.9. The summed E-state index contributed by atoms with van der Waals surface area (Å²) in [5, 5.41) is 0.741. The smallest absolute Gasteiger partial charge is 0.459 e. The molecule has 0 saturated carbocycles. The van der Waals surface area contributed by atoms with Crippen LogP contribution in [0.2, 0.25) is 0 Å². The average molecular weight is 437 g/mol. The van der Waals surface area contributed by atoms with E-state index in [4.69, 9.17) is 11.6 Å². The van der Waals surface area contributed by atoms with Crippen LogP contribution in [0, 0.1) is 0 Å². The molecule has 16 heteroatoms. The van der Waals surface area contributed by atoms with Crippen LogP contribution in [0.1, 0.15) is 0 Å². The Morgan fingerprint density at radius 1 is 0.880 bits per heavy atom. The van der Waals surface area contributed by atoms with Gasteiger partial charge in [0.2, 0.25) is 0 Å². The largest absolute Gasteiger partial charge is 0.790 e. The zero-order chi connectivity index (χ0) is 21.2. The van der Waals surface area contributed by atoms with Gasteiger partial charge >= 0.3 is 29.0 Å². The van der Waals surface area contributed by atoms with Gasteiger partial charge in [0, 0.05) is 11.6 Å². The van der Waals surface area contributed by atoms with Crippen molar-refractivity contribution in [3.8, 4) is 0 Å². The predicted molar refractivity (Wildman–Crippen MR) is 66.3 cm³/mol. The highest BCUT2D eigenvalue weighted by molar-refractivity contribution is 7.59. The van der Waals surface area contributed by atoms with Crippen LogP contribution >= 0.6 is 19.0 Å². The molecule has 0 spiro atoms. The Morgan fingerprint density at radius 3 is 1.20 bits per heavy atom. The number of nitrogens with zero attached hydrogens (tertiary/aromatic N) is 2. The molecule has 0 aliphatic carbocycles. The van der Waals surface area contributed by atoms with Gasteiger partial charge in [-0.05, 0) is 0 Å². The Morgan fingerprint density at radius 2 is 1.12 bits per heavy atom. The lowest BCUT2D eigenvalue weighted by atomic mass is 10.7. The number of hydrogen-bond donors (Lipinski definition) is 0. The topological polar surface area (TPSA) is 46.4 Å². The quantitative estimate of drug-likeness (QED) is 0.167. The first-order valence-electron chi connectivity index (χ1n) is 5.63. The number of alkyl halides is 10. The summed E-state index contributed by atoms with van der Waals surface area (Å²) < 4.78 is 129. The van der Waals surface area contributed by atoms with E-state index in [0.29, 0.717) is 0 Å². The lowest BCUT2D eigenvalue weighted by Crippen LogP contribution is -2.50. The molecule has 0 aromatic carbocycles. The third-order valence-corrected chi connectivity index (χ3v) is 4.82. The molecule has 0 rings (SSSR count). The average Bonchev–Trinajstić information content (AvgIpc) is 2.34. The van der Waals surface area contributed by atoms with Gasteiger partial charge in [0.05, 0.1) is 28.2 Å². The summed E-state index contributed by atoms with van der Waals surface area (Å²) in [6, 6.07) is 0. The van der Waals surface area contributed by atoms with Crippen LogP contribution in [0.5, 0.6) is 0 Å². The lowest BCUT2D eigenvalue weighted by molar-refractivity contribution is -0.466. The van der Waals surface area contributed by atoms with Crippen molar-refractivity contribution in [3.05, 3.63) is 0 Å². The second-order valence-electron chi connectivity index (χ2n) is 4.69. The molecule has 0 aliphatic rings. The molecule has 0 unspecified atom stereocenters. The first-order valence-corrected chi connectivity index (χ1v) is 7.63. The molecular formula is C9H12ClF10N2O2P. The molecule has 4 nitrogen and oxygen atoms in total. The van der Waals surface area contributed by atoms with Crippen LogP contribution in [-0.2, 0) is 4.57 Å². The van der Waals surface area contributed by atoms with Gasteiger partial charge in [0.25, 0.3) is 0 Å². The maximum Gasteiger partial charge on any atom is 0.459 e. The summed E-state index contributed by atoms with van der Waals surface area (Å²) in [7, 11) is -0.888. The Balaban J connectivity index is 0. The second kappa shape index (κ2) is 7.87. The van der Waals surface area contributed by atoms with Crippen molar-refractivity contribution < 1.29 is 57.9 Å². The Hall–Kier alpha value is -0.750.